The molecule has 2 aliphatic heterocycles. The number of para-hydroxylation sites is 1. The standard InChI is InChI=1S/C22H26N2O3/c25-18-12-13-24(14-18)15-19(16-6-2-1-3-7-16)23-22(26)21-11-10-17-8-4-5-9-20(17)27-21/h1-9,18-19,21,25H,10-15H2,(H,23,26)/t18-,19+,21-/m0/s1. The van der Waals surface area contributed by atoms with Crippen LogP contribution in [-0.2, 0) is 11.2 Å². The molecule has 5 heteroatoms. The Hall–Kier alpha value is -2.37. The van der Waals surface area contributed by atoms with E-state index in [1.54, 1.807) is 0 Å². The van der Waals surface area contributed by atoms with Crippen molar-refractivity contribution in [3.63, 3.8) is 0 Å². The molecule has 4 rings (SSSR count). The van der Waals surface area contributed by atoms with E-state index in [-0.39, 0.29) is 18.1 Å². The number of carbonyl (C=O) groups is 1. The van der Waals surface area contributed by atoms with Gasteiger partial charge in [0.1, 0.15) is 5.75 Å². The lowest BCUT2D eigenvalue weighted by Crippen LogP contribution is -2.45. The van der Waals surface area contributed by atoms with Gasteiger partial charge in [-0.3, -0.25) is 9.69 Å². The second-order valence-corrected chi connectivity index (χ2v) is 7.43. The van der Waals surface area contributed by atoms with Crippen LogP contribution in [0, 0.1) is 0 Å². The Morgan fingerprint density at radius 1 is 1.15 bits per heavy atom. The molecule has 1 fully saturated rings. The molecular formula is C22H26N2O3. The highest BCUT2D eigenvalue weighted by molar-refractivity contribution is 5.82. The molecule has 0 radical (unpaired) electrons. The number of hydrogen-bond donors (Lipinski definition) is 2. The number of benzene rings is 2. The Labute approximate surface area is 160 Å². The quantitative estimate of drug-likeness (QED) is 0.852. The van der Waals surface area contributed by atoms with Gasteiger partial charge >= 0.3 is 0 Å². The first-order chi connectivity index (χ1) is 13.2. The lowest BCUT2D eigenvalue weighted by molar-refractivity contribution is -0.129. The minimum absolute atomic E-state index is 0.0712. The molecule has 3 atom stereocenters. The van der Waals surface area contributed by atoms with Gasteiger partial charge in [-0.1, -0.05) is 48.5 Å². The molecule has 0 aliphatic carbocycles. The van der Waals surface area contributed by atoms with Crippen LogP contribution in [0.3, 0.4) is 0 Å². The summed E-state index contributed by atoms with van der Waals surface area (Å²) >= 11 is 0. The van der Waals surface area contributed by atoms with E-state index in [2.05, 4.69) is 16.3 Å². The topological polar surface area (TPSA) is 61.8 Å². The zero-order valence-corrected chi connectivity index (χ0v) is 15.4. The van der Waals surface area contributed by atoms with Crippen molar-refractivity contribution in [2.45, 2.75) is 37.5 Å². The number of hydrogen-bond acceptors (Lipinski definition) is 4. The SMILES string of the molecule is O=C(N[C@H](CN1CC[C@H](O)C1)c1ccccc1)[C@@H]1CCc2ccccc2O1. The number of carbonyl (C=O) groups excluding carboxylic acids is 1. The molecule has 2 aliphatic rings. The number of β-amino-alcohol motifs (C(OH)–C–C–N with tert-alkyl or cyclic N) is 1. The number of aliphatic hydroxyl groups is 1. The van der Waals surface area contributed by atoms with Gasteiger partial charge in [0.05, 0.1) is 12.1 Å². The van der Waals surface area contributed by atoms with Gasteiger partial charge in [0.2, 0.25) is 0 Å². The fraction of sp³-hybridized carbons (Fsp3) is 0.409. The minimum Gasteiger partial charge on any atom is -0.480 e. The van der Waals surface area contributed by atoms with Gasteiger partial charge in [-0.05, 0) is 36.5 Å². The van der Waals surface area contributed by atoms with Crippen LogP contribution < -0.4 is 10.1 Å². The van der Waals surface area contributed by atoms with Crippen molar-refractivity contribution in [1.29, 1.82) is 0 Å². The minimum atomic E-state index is -0.463. The average Bonchev–Trinajstić information content (AvgIpc) is 3.12. The molecule has 2 N–H and O–H groups in total. The van der Waals surface area contributed by atoms with Gasteiger partial charge < -0.3 is 15.2 Å². The third kappa shape index (κ3) is 4.31. The van der Waals surface area contributed by atoms with E-state index in [0.29, 0.717) is 19.5 Å². The van der Waals surface area contributed by atoms with E-state index in [1.165, 1.54) is 0 Å². The zero-order valence-electron chi connectivity index (χ0n) is 15.4. The maximum Gasteiger partial charge on any atom is 0.261 e. The molecule has 27 heavy (non-hydrogen) atoms. The van der Waals surface area contributed by atoms with Crippen LogP contribution in [0.25, 0.3) is 0 Å². The van der Waals surface area contributed by atoms with Crippen LogP contribution in [-0.4, -0.2) is 47.8 Å². The maximum absolute atomic E-state index is 12.9. The summed E-state index contributed by atoms with van der Waals surface area (Å²) in [5.74, 6) is 0.737. The largest absolute Gasteiger partial charge is 0.480 e. The first-order valence-corrected chi connectivity index (χ1v) is 9.69. The first-order valence-electron chi connectivity index (χ1n) is 9.69. The van der Waals surface area contributed by atoms with Crippen LogP contribution >= 0.6 is 0 Å². The second kappa shape index (κ2) is 8.11. The van der Waals surface area contributed by atoms with Crippen molar-refractivity contribution in [2.24, 2.45) is 0 Å². The van der Waals surface area contributed by atoms with Crippen LogP contribution in [0.4, 0.5) is 0 Å². The molecule has 2 aromatic rings. The first kappa shape index (κ1) is 18.0. The molecule has 5 nitrogen and oxygen atoms in total. The van der Waals surface area contributed by atoms with E-state index < -0.39 is 6.10 Å². The number of rotatable bonds is 5. The number of amides is 1. The summed E-state index contributed by atoms with van der Waals surface area (Å²) < 4.78 is 5.95. The predicted molar refractivity (Wildman–Crippen MR) is 104 cm³/mol. The molecule has 2 aromatic carbocycles. The third-order valence-corrected chi connectivity index (χ3v) is 5.42. The summed E-state index contributed by atoms with van der Waals surface area (Å²) in [7, 11) is 0. The molecular weight excluding hydrogens is 340 g/mol. The van der Waals surface area contributed by atoms with Crippen molar-refractivity contribution < 1.29 is 14.6 Å². The van der Waals surface area contributed by atoms with E-state index in [1.807, 2.05) is 48.5 Å². The molecule has 0 spiro atoms. The third-order valence-electron chi connectivity index (χ3n) is 5.42. The summed E-state index contributed by atoms with van der Waals surface area (Å²) in [6.07, 6.45) is 1.60. The van der Waals surface area contributed by atoms with E-state index in [0.717, 1.165) is 36.3 Å². The maximum atomic E-state index is 12.9. The van der Waals surface area contributed by atoms with Crippen LogP contribution in [0.2, 0.25) is 0 Å². The fourth-order valence-corrected chi connectivity index (χ4v) is 3.93. The Balaban J connectivity index is 1.45. The molecule has 1 amide bonds. The highest BCUT2D eigenvalue weighted by atomic mass is 16.5. The smallest absolute Gasteiger partial charge is 0.261 e. The number of nitrogens with one attached hydrogen (secondary N) is 1. The number of aryl methyl sites for hydroxylation is 1. The summed E-state index contributed by atoms with van der Waals surface area (Å²) in [6, 6.07) is 17.8. The molecule has 0 aromatic heterocycles. The van der Waals surface area contributed by atoms with Crippen molar-refractivity contribution >= 4 is 5.91 Å². The van der Waals surface area contributed by atoms with Gasteiger partial charge in [-0.15, -0.1) is 0 Å². The summed E-state index contributed by atoms with van der Waals surface area (Å²) in [5, 5.41) is 13.0. The number of nitrogens with zero attached hydrogens (tertiary/aromatic N) is 1. The average molecular weight is 366 g/mol. The summed E-state index contributed by atoms with van der Waals surface area (Å²) in [6.45, 7) is 2.20. The van der Waals surface area contributed by atoms with Crippen LogP contribution in [0.1, 0.15) is 30.0 Å². The highest BCUT2D eigenvalue weighted by Gasteiger charge is 2.30. The van der Waals surface area contributed by atoms with Gasteiger partial charge in [0, 0.05) is 19.6 Å². The number of ether oxygens (including phenoxy) is 1. The normalized spacial score (nSPS) is 23.3. The summed E-state index contributed by atoms with van der Waals surface area (Å²) in [4.78, 5) is 15.1. The molecule has 0 saturated carbocycles. The Kier molecular flexibility index (Phi) is 5.41. The molecule has 142 valence electrons. The van der Waals surface area contributed by atoms with Crippen LogP contribution in [0.15, 0.2) is 54.6 Å². The molecule has 2 heterocycles. The van der Waals surface area contributed by atoms with Crippen molar-refractivity contribution in [3.8, 4) is 5.75 Å². The van der Waals surface area contributed by atoms with Crippen molar-refractivity contribution in [2.75, 3.05) is 19.6 Å². The monoisotopic (exact) mass is 366 g/mol. The van der Waals surface area contributed by atoms with Gasteiger partial charge in [-0.25, -0.2) is 0 Å². The molecule has 0 unspecified atom stereocenters. The Morgan fingerprint density at radius 3 is 2.70 bits per heavy atom. The van der Waals surface area contributed by atoms with E-state index in [4.69, 9.17) is 4.74 Å². The molecule has 0 bridgehead atoms. The predicted octanol–water partition coefficient (Wildman–Crippen LogP) is 2.30. The van der Waals surface area contributed by atoms with Gasteiger partial charge in [-0.2, -0.15) is 0 Å². The van der Waals surface area contributed by atoms with Crippen molar-refractivity contribution in [1.82, 2.24) is 10.2 Å². The number of aliphatic hydroxyl groups excluding tert-OH is 1. The van der Waals surface area contributed by atoms with E-state index >= 15 is 0 Å². The van der Waals surface area contributed by atoms with Crippen molar-refractivity contribution in [3.05, 3.63) is 65.7 Å². The lowest BCUT2D eigenvalue weighted by atomic mass is 10.0. The van der Waals surface area contributed by atoms with Crippen LogP contribution in [0.5, 0.6) is 5.75 Å². The van der Waals surface area contributed by atoms with E-state index in [9.17, 15) is 9.90 Å². The highest BCUT2D eigenvalue weighted by Crippen LogP contribution is 2.27. The number of likely N-dealkylation sites (tertiary alicyclic amines) is 1. The lowest BCUT2D eigenvalue weighted by Gasteiger charge is -2.29. The number of fused-ring (bicyclic) bond motifs is 1. The van der Waals surface area contributed by atoms with Gasteiger partial charge in [0.25, 0.3) is 5.91 Å². The Morgan fingerprint density at radius 2 is 1.93 bits per heavy atom. The van der Waals surface area contributed by atoms with Gasteiger partial charge in [0.15, 0.2) is 6.10 Å². The Bertz CT molecular complexity index is 780. The fourth-order valence-electron chi connectivity index (χ4n) is 3.93. The zero-order chi connectivity index (χ0) is 18.6. The second-order valence-electron chi connectivity index (χ2n) is 7.43. The summed E-state index contributed by atoms with van der Waals surface area (Å²) in [5.41, 5.74) is 2.23. The molecule has 1 saturated heterocycles.